The summed E-state index contributed by atoms with van der Waals surface area (Å²) < 4.78 is 26.0. The van der Waals surface area contributed by atoms with Crippen LogP contribution in [0.15, 0.2) is 6.07 Å². The molecule has 1 aromatic rings. The van der Waals surface area contributed by atoms with Gasteiger partial charge in [-0.15, -0.1) is 0 Å². The zero-order valence-electron chi connectivity index (χ0n) is 22.9. The number of nitrogens with two attached hydrogens (primary N) is 1. The Labute approximate surface area is 218 Å². The molecule has 2 aliphatic rings. The standard InChI is InChI=1S/C26H40FN5O5/c1-15-20(30-17-8-9-17)18(22(33)32(28)24(35)37-26(5,6)7)12-19(27)21(15)31-11-10-16(14-31)13-29-23(34)36-25(2,3)4/h12,16-17,30H,8-11,13-14,28H2,1-7H3,(H,29,34). The normalized spacial score (nSPS) is 17.9. The molecule has 1 aromatic carbocycles. The van der Waals surface area contributed by atoms with E-state index in [2.05, 4.69) is 10.6 Å². The molecule has 1 heterocycles. The average Bonchev–Trinajstić information content (AvgIpc) is 3.46. The van der Waals surface area contributed by atoms with Crippen LogP contribution in [0.1, 0.15) is 76.7 Å². The molecular formula is C26H40FN5O5. The third-order valence-electron chi connectivity index (χ3n) is 6.00. The molecule has 0 spiro atoms. The zero-order valence-corrected chi connectivity index (χ0v) is 22.9. The summed E-state index contributed by atoms with van der Waals surface area (Å²) in [5.41, 5.74) is -0.0492. The van der Waals surface area contributed by atoms with Gasteiger partial charge in [0.15, 0.2) is 0 Å². The monoisotopic (exact) mass is 521 g/mol. The molecule has 1 saturated carbocycles. The Morgan fingerprint density at radius 2 is 1.73 bits per heavy atom. The number of nitrogens with zero attached hydrogens (tertiary/aromatic N) is 2. The fourth-order valence-electron chi connectivity index (χ4n) is 4.21. The molecule has 0 radical (unpaired) electrons. The first-order chi connectivity index (χ1) is 17.1. The van der Waals surface area contributed by atoms with Crippen LogP contribution in [0, 0.1) is 18.7 Å². The first-order valence-corrected chi connectivity index (χ1v) is 12.7. The van der Waals surface area contributed by atoms with Crippen LogP contribution >= 0.6 is 0 Å². The van der Waals surface area contributed by atoms with Crippen molar-refractivity contribution < 1.29 is 28.2 Å². The SMILES string of the molecule is Cc1c(NC2CC2)c(C(=O)N(N)C(=O)OC(C)(C)C)cc(F)c1N1CCC(CNC(=O)OC(C)(C)C)C1. The van der Waals surface area contributed by atoms with E-state index in [1.54, 1.807) is 48.5 Å². The first-order valence-electron chi connectivity index (χ1n) is 12.7. The van der Waals surface area contributed by atoms with Crippen molar-refractivity contribution in [1.82, 2.24) is 10.3 Å². The van der Waals surface area contributed by atoms with Crippen molar-refractivity contribution in [3.63, 3.8) is 0 Å². The van der Waals surface area contributed by atoms with Crippen molar-refractivity contribution in [2.75, 3.05) is 29.9 Å². The van der Waals surface area contributed by atoms with Crippen LogP contribution in [-0.4, -0.2) is 60.0 Å². The van der Waals surface area contributed by atoms with Crippen molar-refractivity contribution in [3.05, 3.63) is 23.0 Å². The van der Waals surface area contributed by atoms with Gasteiger partial charge < -0.3 is 25.0 Å². The van der Waals surface area contributed by atoms with E-state index in [9.17, 15) is 14.4 Å². The number of nitrogens with one attached hydrogen (secondary N) is 2. The fraction of sp³-hybridized carbons (Fsp3) is 0.654. The summed E-state index contributed by atoms with van der Waals surface area (Å²) in [6.07, 6.45) is 1.12. The number of hydrazine groups is 1. The number of alkyl carbamates (subject to hydrolysis) is 1. The molecule has 0 bridgehead atoms. The minimum absolute atomic E-state index is 0.0265. The van der Waals surface area contributed by atoms with Gasteiger partial charge in [0.2, 0.25) is 0 Å². The molecular weight excluding hydrogens is 481 g/mol. The number of imide groups is 1. The van der Waals surface area contributed by atoms with E-state index in [0.717, 1.165) is 25.3 Å². The summed E-state index contributed by atoms with van der Waals surface area (Å²) in [7, 11) is 0. The molecule has 4 N–H and O–H groups in total. The molecule has 1 atom stereocenters. The maximum absolute atomic E-state index is 15.5. The Morgan fingerprint density at radius 3 is 2.30 bits per heavy atom. The molecule has 1 aliphatic heterocycles. The van der Waals surface area contributed by atoms with Crippen molar-refractivity contribution >= 4 is 29.5 Å². The highest BCUT2D eigenvalue weighted by atomic mass is 19.1. The second-order valence-electron chi connectivity index (χ2n) is 11.8. The van der Waals surface area contributed by atoms with Crippen molar-refractivity contribution in [1.29, 1.82) is 0 Å². The molecule has 1 aliphatic carbocycles. The average molecular weight is 522 g/mol. The summed E-state index contributed by atoms with van der Waals surface area (Å²) in [5, 5.41) is 6.49. The summed E-state index contributed by atoms with van der Waals surface area (Å²) in [6.45, 7) is 13.7. The summed E-state index contributed by atoms with van der Waals surface area (Å²) in [6, 6.07) is 1.30. The third kappa shape index (κ3) is 7.70. The van der Waals surface area contributed by atoms with Crippen LogP contribution in [0.5, 0.6) is 0 Å². The lowest BCUT2D eigenvalue weighted by atomic mass is 10.0. The number of hydrogen-bond acceptors (Lipinski definition) is 8. The van der Waals surface area contributed by atoms with Crippen molar-refractivity contribution in [3.8, 4) is 0 Å². The summed E-state index contributed by atoms with van der Waals surface area (Å²) >= 11 is 0. The highest BCUT2D eigenvalue weighted by Gasteiger charge is 2.34. The van der Waals surface area contributed by atoms with Gasteiger partial charge in [0.05, 0.1) is 16.9 Å². The molecule has 10 nitrogen and oxygen atoms in total. The fourth-order valence-corrected chi connectivity index (χ4v) is 4.21. The Kier molecular flexibility index (Phi) is 8.26. The number of ether oxygens (including phenoxy) is 2. The van der Waals surface area contributed by atoms with Crippen molar-refractivity contribution in [2.45, 2.75) is 85.0 Å². The molecule has 1 unspecified atom stereocenters. The van der Waals surface area contributed by atoms with E-state index < -0.39 is 35.1 Å². The Bertz CT molecular complexity index is 1050. The highest BCUT2D eigenvalue weighted by Crippen LogP contribution is 2.38. The summed E-state index contributed by atoms with van der Waals surface area (Å²) in [5.74, 6) is 4.47. The molecule has 3 rings (SSSR count). The van der Waals surface area contributed by atoms with Gasteiger partial charge in [-0.1, -0.05) is 0 Å². The zero-order chi connectivity index (χ0) is 27.7. The maximum Gasteiger partial charge on any atom is 0.432 e. The number of hydrogen-bond donors (Lipinski definition) is 3. The van der Waals surface area contributed by atoms with Crippen LogP contribution in [0.2, 0.25) is 0 Å². The molecule has 1 saturated heterocycles. The minimum atomic E-state index is -1.02. The molecule has 3 amide bonds. The van der Waals surface area contributed by atoms with Gasteiger partial charge in [-0.3, -0.25) is 4.79 Å². The number of carbonyl (C=O) groups excluding carboxylic acids is 3. The number of amides is 3. The molecule has 2 fully saturated rings. The smallest absolute Gasteiger partial charge is 0.432 e. The lowest BCUT2D eigenvalue weighted by Crippen LogP contribution is -2.45. The van der Waals surface area contributed by atoms with Crippen LogP contribution in [-0.2, 0) is 9.47 Å². The molecule has 11 heteroatoms. The van der Waals surface area contributed by atoms with E-state index in [1.165, 1.54) is 0 Å². The van der Waals surface area contributed by atoms with E-state index in [0.29, 0.717) is 41.6 Å². The number of benzene rings is 1. The van der Waals surface area contributed by atoms with E-state index in [-0.39, 0.29) is 17.5 Å². The van der Waals surface area contributed by atoms with Gasteiger partial charge in [-0.2, -0.15) is 5.01 Å². The van der Waals surface area contributed by atoms with E-state index in [4.69, 9.17) is 15.3 Å². The number of halogens is 1. The van der Waals surface area contributed by atoms with Gasteiger partial charge in [-0.05, 0) is 85.3 Å². The molecule has 206 valence electrons. The predicted molar refractivity (Wildman–Crippen MR) is 139 cm³/mol. The van der Waals surface area contributed by atoms with Gasteiger partial charge in [0, 0.05) is 25.7 Å². The van der Waals surface area contributed by atoms with E-state index >= 15 is 4.39 Å². The second-order valence-corrected chi connectivity index (χ2v) is 11.8. The van der Waals surface area contributed by atoms with Gasteiger partial charge >= 0.3 is 12.2 Å². The second kappa shape index (κ2) is 10.7. The number of carbonyl (C=O) groups is 3. The summed E-state index contributed by atoms with van der Waals surface area (Å²) in [4.78, 5) is 39.5. The molecule has 37 heavy (non-hydrogen) atoms. The number of rotatable bonds is 6. The van der Waals surface area contributed by atoms with E-state index in [1.807, 2.05) is 4.90 Å². The first kappa shape index (κ1) is 28.5. The maximum atomic E-state index is 15.5. The van der Waals surface area contributed by atoms with Gasteiger partial charge in [-0.25, -0.2) is 19.8 Å². The lowest BCUT2D eigenvalue weighted by molar-refractivity contribution is 0.0239. The van der Waals surface area contributed by atoms with Crippen LogP contribution < -0.4 is 21.4 Å². The Morgan fingerprint density at radius 1 is 1.11 bits per heavy atom. The van der Waals surface area contributed by atoms with Crippen LogP contribution in [0.3, 0.4) is 0 Å². The van der Waals surface area contributed by atoms with Crippen LogP contribution in [0.25, 0.3) is 0 Å². The third-order valence-corrected chi connectivity index (χ3v) is 6.00. The number of anilines is 2. The van der Waals surface area contributed by atoms with Gasteiger partial charge in [0.1, 0.15) is 17.0 Å². The quantitative estimate of drug-likeness (QED) is 0.287. The topological polar surface area (TPSA) is 126 Å². The largest absolute Gasteiger partial charge is 0.444 e. The lowest BCUT2D eigenvalue weighted by Gasteiger charge is -2.27. The highest BCUT2D eigenvalue weighted by molar-refractivity contribution is 6.07. The van der Waals surface area contributed by atoms with Gasteiger partial charge in [0.25, 0.3) is 5.91 Å². The van der Waals surface area contributed by atoms with Crippen LogP contribution in [0.4, 0.5) is 25.4 Å². The Balaban J connectivity index is 1.80. The van der Waals surface area contributed by atoms with Crippen molar-refractivity contribution in [2.24, 2.45) is 11.8 Å². The minimum Gasteiger partial charge on any atom is -0.444 e. The predicted octanol–water partition coefficient (Wildman–Crippen LogP) is 4.31. The Hall–Kier alpha value is -3.08. The molecule has 0 aromatic heterocycles.